The van der Waals surface area contributed by atoms with Gasteiger partial charge in [-0.15, -0.1) is 0 Å². The van der Waals surface area contributed by atoms with Crippen LogP contribution in [0.1, 0.15) is 38.8 Å². The first kappa shape index (κ1) is 13.5. The monoisotopic (exact) mass is 232 g/mol. The van der Waals surface area contributed by atoms with Gasteiger partial charge in [-0.25, -0.2) is 4.79 Å². The van der Waals surface area contributed by atoms with Crippen LogP contribution in [0.25, 0.3) is 6.08 Å². The fourth-order valence-electron chi connectivity index (χ4n) is 1.55. The van der Waals surface area contributed by atoms with Crippen molar-refractivity contribution in [3.05, 3.63) is 41.0 Å². The highest BCUT2D eigenvalue weighted by atomic mass is 16.5. The molecule has 0 amide bonds. The second-order valence-electron chi connectivity index (χ2n) is 5.19. The van der Waals surface area contributed by atoms with E-state index in [0.29, 0.717) is 5.57 Å². The van der Waals surface area contributed by atoms with Gasteiger partial charge in [0.15, 0.2) is 0 Å². The largest absolute Gasteiger partial charge is 0.466 e. The molecule has 0 fully saturated rings. The summed E-state index contributed by atoms with van der Waals surface area (Å²) in [4.78, 5) is 11.3. The Balaban J connectivity index is 2.93. The van der Waals surface area contributed by atoms with Crippen molar-refractivity contribution in [1.29, 1.82) is 0 Å². The second-order valence-corrected chi connectivity index (χ2v) is 5.19. The molecule has 0 N–H and O–H groups in total. The molecular weight excluding hydrogens is 212 g/mol. The van der Waals surface area contributed by atoms with Crippen molar-refractivity contribution >= 4 is 12.0 Å². The van der Waals surface area contributed by atoms with Crippen LogP contribution in [0.3, 0.4) is 0 Å². The fraction of sp³-hybridized carbons (Fsp3) is 0.400. The van der Waals surface area contributed by atoms with Crippen molar-refractivity contribution in [3.63, 3.8) is 0 Å². The molecule has 0 aliphatic rings. The summed E-state index contributed by atoms with van der Waals surface area (Å²) in [5.74, 6) is -0.287. The van der Waals surface area contributed by atoms with E-state index in [0.717, 1.165) is 5.56 Å². The van der Waals surface area contributed by atoms with E-state index in [-0.39, 0.29) is 11.4 Å². The van der Waals surface area contributed by atoms with Crippen LogP contribution in [-0.2, 0) is 14.9 Å². The van der Waals surface area contributed by atoms with Crippen LogP contribution < -0.4 is 0 Å². The zero-order chi connectivity index (χ0) is 13.1. The number of hydrogen-bond donors (Lipinski definition) is 0. The molecule has 0 unspecified atom stereocenters. The molecule has 2 nitrogen and oxygen atoms in total. The Kier molecular flexibility index (Phi) is 4.11. The number of esters is 1. The molecule has 92 valence electrons. The first-order valence-electron chi connectivity index (χ1n) is 5.72. The van der Waals surface area contributed by atoms with Crippen molar-refractivity contribution in [2.75, 3.05) is 7.11 Å². The summed E-state index contributed by atoms with van der Waals surface area (Å²) in [5, 5.41) is 0. The maximum absolute atomic E-state index is 11.3. The number of carbonyl (C=O) groups excluding carboxylic acids is 1. The van der Waals surface area contributed by atoms with E-state index >= 15 is 0 Å². The van der Waals surface area contributed by atoms with Gasteiger partial charge in [0.25, 0.3) is 0 Å². The van der Waals surface area contributed by atoms with E-state index < -0.39 is 0 Å². The smallest absolute Gasteiger partial charge is 0.333 e. The van der Waals surface area contributed by atoms with Crippen molar-refractivity contribution in [1.82, 2.24) is 0 Å². The Labute approximate surface area is 103 Å². The predicted octanol–water partition coefficient (Wildman–Crippen LogP) is 3.56. The Hall–Kier alpha value is -1.57. The second kappa shape index (κ2) is 5.17. The van der Waals surface area contributed by atoms with Crippen molar-refractivity contribution < 1.29 is 9.53 Å². The van der Waals surface area contributed by atoms with Gasteiger partial charge in [-0.2, -0.15) is 0 Å². The Morgan fingerprint density at radius 2 is 1.71 bits per heavy atom. The molecule has 0 spiro atoms. The lowest BCUT2D eigenvalue weighted by molar-refractivity contribution is -0.135. The van der Waals surface area contributed by atoms with Gasteiger partial charge in [0.2, 0.25) is 0 Å². The van der Waals surface area contributed by atoms with Gasteiger partial charge in [0.05, 0.1) is 7.11 Å². The SMILES string of the molecule is COC(=O)/C(C)=C/c1ccc(C(C)(C)C)cc1. The molecule has 0 saturated carbocycles. The molecule has 0 aliphatic heterocycles. The van der Waals surface area contributed by atoms with E-state index in [9.17, 15) is 4.79 Å². The molecule has 1 aromatic rings. The van der Waals surface area contributed by atoms with Crippen LogP contribution in [0.4, 0.5) is 0 Å². The van der Waals surface area contributed by atoms with Crippen molar-refractivity contribution in [2.45, 2.75) is 33.1 Å². The zero-order valence-corrected chi connectivity index (χ0v) is 11.2. The summed E-state index contributed by atoms with van der Waals surface area (Å²) < 4.78 is 4.65. The van der Waals surface area contributed by atoms with E-state index in [4.69, 9.17) is 0 Å². The van der Waals surface area contributed by atoms with Crippen LogP contribution >= 0.6 is 0 Å². The molecule has 17 heavy (non-hydrogen) atoms. The number of hydrogen-bond acceptors (Lipinski definition) is 2. The average Bonchev–Trinajstić information content (AvgIpc) is 2.27. The van der Waals surface area contributed by atoms with Gasteiger partial charge < -0.3 is 4.74 Å². The third-order valence-electron chi connectivity index (χ3n) is 2.67. The summed E-state index contributed by atoms with van der Waals surface area (Å²) in [6.45, 7) is 8.29. The molecule has 0 heterocycles. The molecule has 2 heteroatoms. The quantitative estimate of drug-likeness (QED) is 0.575. The molecule has 0 aliphatic carbocycles. The minimum atomic E-state index is -0.287. The molecule has 0 aromatic heterocycles. The van der Waals surface area contributed by atoms with Gasteiger partial charge >= 0.3 is 5.97 Å². The van der Waals surface area contributed by atoms with Crippen LogP contribution in [0.5, 0.6) is 0 Å². The van der Waals surface area contributed by atoms with Crippen LogP contribution in [0.2, 0.25) is 0 Å². The molecule has 1 rings (SSSR count). The Bertz CT molecular complexity index is 419. The molecular formula is C15H20O2. The minimum Gasteiger partial charge on any atom is -0.466 e. The molecule has 1 aromatic carbocycles. The highest BCUT2D eigenvalue weighted by Gasteiger charge is 2.12. The first-order chi connectivity index (χ1) is 7.84. The molecule has 0 atom stereocenters. The Morgan fingerprint density at radius 1 is 1.18 bits per heavy atom. The Morgan fingerprint density at radius 3 is 2.12 bits per heavy atom. The topological polar surface area (TPSA) is 26.3 Å². The number of rotatable bonds is 2. The van der Waals surface area contributed by atoms with Crippen molar-refractivity contribution in [3.8, 4) is 0 Å². The number of methoxy groups -OCH3 is 1. The lowest BCUT2D eigenvalue weighted by Gasteiger charge is -2.18. The maximum atomic E-state index is 11.3. The predicted molar refractivity (Wildman–Crippen MR) is 70.8 cm³/mol. The first-order valence-corrected chi connectivity index (χ1v) is 5.72. The molecule has 0 saturated heterocycles. The van der Waals surface area contributed by atoms with E-state index in [1.165, 1.54) is 12.7 Å². The summed E-state index contributed by atoms with van der Waals surface area (Å²) in [6, 6.07) is 8.23. The molecule has 0 radical (unpaired) electrons. The number of carbonyl (C=O) groups is 1. The summed E-state index contributed by atoms with van der Waals surface area (Å²) in [7, 11) is 1.39. The van der Waals surface area contributed by atoms with Crippen LogP contribution in [0, 0.1) is 0 Å². The van der Waals surface area contributed by atoms with Gasteiger partial charge in [0, 0.05) is 5.57 Å². The van der Waals surface area contributed by atoms with E-state index in [1.807, 2.05) is 18.2 Å². The summed E-state index contributed by atoms with van der Waals surface area (Å²) >= 11 is 0. The van der Waals surface area contributed by atoms with Crippen LogP contribution in [-0.4, -0.2) is 13.1 Å². The highest BCUT2D eigenvalue weighted by Crippen LogP contribution is 2.22. The van der Waals surface area contributed by atoms with Gasteiger partial charge in [-0.1, -0.05) is 45.0 Å². The molecule has 0 bridgehead atoms. The lowest BCUT2D eigenvalue weighted by Crippen LogP contribution is -2.10. The fourth-order valence-corrected chi connectivity index (χ4v) is 1.55. The number of ether oxygens (including phenoxy) is 1. The standard InChI is InChI=1S/C15H20O2/c1-11(14(16)17-5)10-12-6-8-13(9-7-12)15(2,3)4/h6-10H,1-5H3/b11-10+. The average molecular weight is 232 g/mol. The van der Waals surface area contributed by atoms with Crippen LogP contribution in [0.15, 0.2) is 29.8 Å². The number of benzene rings is 1. The lowest BCUT2D eigenvalue weighted by atomic mass is 9.86. The third-order valence-corrected chi connectivity index (χ3v) is 2.67. The zero-order valence-electron chi connectivity index (χ0n) is 11.2. The third kappa shape index (κ3) is 3.74. The van der Waals surface area contributed by atoms with E-state index in [1.54, 1.807) is 6.92 Å². The van der Waals surface area contributed by atoms with Gasteiger partial charge in [-0.05, 0) is 29.5 Å². The van der Waals surface area contributed by atoms with Crippen molar-refractivity contribution in [2.24, 2.45) is 0 Å². The summed E-state index contributed by atoms with van der Waals surface area (Å²) in [5.41, 5.74) is 3.06. The van der Waals surface area contributed by atoms with Gasteiger partial charge in [-0.3, -0.25) is 0 Å². The highest BCUT2D eigenvalue weighted by molar-refractivity contribution is 5.92. The minimum absolute atomic E-state index is 0.152. The normalized spacial score (nSPS) is 12.4. The van der Waals surface area contributed by atoms with E-state index in [2.05, 4.69) is 37.6 Å². The van der Waals surface area contributed by atoms with Gasteiger partial charge in [0.1, 0.15) is 0 Å². The maximum Gasteiger partial charge on any atom is 0.333 e. The summed E-state index contributed by atoms with van der Waals surface area (Å²) in [6.07, 6.45) is 1.83.